The molecule has 0 aromatic carbocycles. The normalized spacial score (nSPS) is 19.2. The number of hydrogen-bond acceptors (Lipinski definition) is 1. The zero-order chi connectivity index (χ0) is 12.7. The first-order chi connectivity index (χ1) is 8.02. The van der Waals surface area contributed by atoms with Gasteiger partial charge in [0.05, 0.1) is 26.8 Å². The lowest BCUT2D eigenvalue weighted by molar-refractivity contribution is -0.911. The maximum absolute atomic E-state index is 5.42. The number of nitrogens with zero attached hydrogens (tertiary/aromatic N) is 1. The van der Waals surface area contributed by atoms with Crippen molar-refractivity contribution in [3.8, 4) is 0 Å². The smallest absolute Gasteiger partial charge is 0.102 e. The Morgan fingerprint density at radius 2 is 1.83 bits per heavy atom. The number of allylic oxidation sites excluding steroid dienone is 2. The fourth-order valence-electron chi connectivity index (χ4n) is 2.11. The summed E-state index contributed by atoms with van der Waals surface area (Å²) in [7, 11) is 2.33. The van der Waals surface area contributed by atoms with Crippen LogP contribution in [0.15, 0.2) is 23.8 Å². The average Bonchev–Trinajstić information content (AvgIpc) is 2.27. The van der Waals surface area contributed by atoms with Gasteiger partial charge in [-0.25, -0.2) is 0 Å². The van der Waals surface area contributed by atoms with Crippen LogP contribution in [-0.2, 0) is 4.74 Å². The van der Waals surface area contributed by atoms with Gasteiger partial charge in [-0.2, -0.15) is 0 Å². The molecule has 0 aliphatic carbocycles. The van der Waals surface area contributed by atoms with Gasteiger partial charge in [-0.15, -0.1) is 6.58 Å². The summed E-state index contributed by atoms with van der Waals surface area (Å²) in [5.74, 6) is 0. The lowest BCUT2D eigenvalue weighted by atomic mass is 10.1. The predicted octanol–water partition coefficient (Wildman–Crippen LogP) is 0.160. The molecule has 0 radical (unpaired) electrons. The molecular weight excluding hydrogens is 337 g/mol. The summed E-state index contributed by atoms with van der Waals surface area (Å²) in [6.07, 6.45) is 6.03. The lowest BCUT2D eigenvalue weighted by Crippen LogP contribution is -3.00. The summed E-state index contributed by atoms with van der Waals surface area (Å²) in [6, 6.07) is 0. The van der Waals surface area contributed by atoms with E-state index in [9.17, 15) is 0 Å². The minimum Gasteiger partial charge on any atom is -1.00 e. The highest BCUT2D eigenvalue weighted by Crippen LogP contribution is 2.13. The summed E-state index contributed by atoms with van der Waals surface area (Å²) < 4.78 is 6.55. The van der Waals surface area contributed by atoms with Crippen molar-refractivity contribution in [3.63, 3.8) is 0 Å². The van der Waals surface area contributed by atoms with Crippen LogP contribution in [0.5, 0.6) is 0 Å². The van der Waals surface area contributed by atoms with Gasteiger partial charge >= 0.3 is 0 Å². The van der Waals surface area contributed by atoms with E-state index >= 15 is 0 Å². The Morgan fingerprint density at radius 1 is 1.22 bits per heavy atom. The molecule has 0 amide bonds. The lowest BCUT2D eigenvalue weighted by Gasteiger charge is -2.36. The van der Waals surface area contributed by atoms with Gasteiger partial charge in [0.2, 0.25) is 0 Å². The van der Waals surface area contributed by atoms with Gasteiger partial charge in [0, 0.05) is 0 Å². The van der Waals surface area contributed by atoms with Gasteiger partial charge in [0.15, 0.2) is 0 Å². The summed E-state index contributed by atoms with van der Waals surface area (Å²) >= 11 is 0. The van der Waals surface area contributed by atoms with Crippen LogP contribution in [0.2, 0.25) is 0 Å². The van der Waals surface area contributed by atoms with E-state index in [1.54, 1.807) is 0 Å². The Bertz CT molecular complexity index is 280. The number of likely N-dealkylation sites (N-methyl/N-ethyl adjacent to an activating group) is 1. The zero-order valence-corrected chi connectivity index (χ0v) is 14.3. The fourth-order valence-corrected chi connectivity index (χ4v) is 2.11. The summed E-state index contributed by atoms with van der Waals surface area (Å²) in [6.45, 7) is 13.6. The van der Waals surface area contributed by atoms with Crippen LogP contribution in [-0.4, -0.2) is 44.4 Å². The van der Waals surface area contributed by atoms with Crippen molar-refractivity contribution < 1.29 is 33.2 Å². The Labute approximate surface area is 130 Å². The van der Waals surface area contributed by atoms with Crippen molar-refractivity contribution >= 4 is 0 Å². The highest BCUT2D eigenvalue weighted by molar-refractivity contribution is 4.99. The third-order valence-corrected chi connectivity index (χ3v) is 3.61. The van der Waals surface area contributed by atoms with Gasteiger partial charge in [-0.3, -0.25) is 0 Å². The van der Waals surface area contributed by atoms with Gasteiger partial charge < -0.3 is 33.2 Å². The van der Waals surface area contributed by atoms with Crippen molar-refractivity contribution in [1.82, 2.24) is 0 Å². The van der Waals surface area contributed by atoms with E-state index in [0.717, 1.165) is 43.8 Å². The highest BCUT2D eigenvalue weighted by atomic mass is 127. The van der Waals surface area contributed by atoms with Crippen molar-refractivity contribution in [2.75, 3.05) is 39.9 Å². The quantitative estimate of drug-likeness (QED) is 0.370. The van der Waals surface area contributed by atoms with Gasteiger partial charge in [-0.05, 0) is 39.2 Å². The van der Waals surface area contributed by atoms with Crippen LogP contribution in [0, 0.1) is 0 Å². The molecule has 3 heteroatoms. The Kier molecular flexibility index (Phi) is 9.17. The second-order valence-electron chi connectivity index (χ2n) is 5.72. The number of ether oxygens (including phenoxy) is 1. The van der Waals surface area contributed by atoms with Crippen LogP contribution in [0.3, 0.4) is 0 Å². The van der Waals surface area contributed by atoms with Gasteiger partial charge in [0.25, 0.3) is 0 Å². The molecule has 0 aromatic rings. The maximum Gasteiger partial charge on any atom is 0.102 e. The van der Waals surface area contributed by atoms with Crippen molar-refractivity contribution in [1.29, 1.82) is 0 Å². The van der Waals surface area contributed by atoms with Gasteiger partial charge in [-0.1, -0.05) is 11.1 Å². The molecule has 0 spiro atoms. The summed E-state index contributed by atoms with van der Waals surface area (Å²) in [4.78, 5) is 0. The minimum absolute atomic E-state index is 0. The van der Waals surface area contributed by atoms with Crippen LogP contribution in [0.25, 0.3) is 0 Å². The predicted molar refractivity (Wildman–Crippen MR) is 74.0 cm³/mol. The number of hydrogen-bond donors (Lipinski definition) is 0. The van der Waals surface area contributed by atoms with E-state index < -0.39 is 0 Å². The van der Waals surface area contributed by atoms with Crippen molar-refractivity contribution in [2.45, 2.75) is 33.1 Å². The molecule has 1 saturated heterocycles. The molecule has 1 heterocycles. The third kappa shape index (κ3) is 7.54. The molecule has 1 fully saturated rings. The first-order valence-corrected chi connectivity index (χ1v) is 6.73. The molecule has 1 aliphatic rings. The van der Waals surface area contributed by atoms with E-state index in [4.69, 9.17) is 4.74 Å². The average molecular weight is 365 g/mol. The minimum atomic E-state index is 0. The molecule has 0 bridgehead atoms. The van der Waals surface area contributed by atoms with E-state index in [2.05, 4.69) is 33.6 Å². The standard InChI is InChI=1S/C15H28NO.HI/c1-14(2)6-5-7-15(3)8-9-16(4)10-12-17-13-11-16;/h8H,1,5-7,9-13H2,2-4H3;1H/q+1;/p-1/b15-8+;. The number of quaternary nitrogens is 1. The number of morpholine rings is 1. The SMILES string of the molecule is C=C(C)CCC/C(C)=C/C[N+]1(C)CCOCC1.[I-]. The Hall–Kier alpha value is 0.130. The first-order valence-electron chi connectivity index (χ1n) is 6.73. The van der Waals surface area contributed by atoms with Crippen molar-refractivity contribution in [3.05, 3.63) is 23.8 Å². The van der Waals surface area contributed by atoms with Crippen LogP contribution >= 0.6 is 0 Å². The number of rotatable bonds is 6. The van der Waals surface area contributed by atoms with Crippen molar-refractivity contribution in [2.24, 2.45) is 0 Å². The molecule has 1 rings (SSSR count). The fraction of sp³-hybridized carbons (Fsp3) is 0.733. The van der Waals surface area contributed by atoms with Crippen LogP contribution in [0.4, 0.5) is 0 Å². The molecule has 0 atom stereocenters. The maximum atomic E-state index is 5.42. The molecule has 0 N–H and O–H groups in total. The largest absolute Gasteiger partial charge is 1.00 e. The molecule has 1 aliphatic heterocycles. The molecule has 18 heavy (non-hydrogen) atoms. The first kappa shape index (κ1) is 18.1. The topological polar surface area (TPSA) is 9.23 Å². The van der Waals surface area contributed by atoms with E-state index in [1.807, 2.05) is 0 Å². The van der Waals surface area contributed by atoms with E-state index in [1.165, 1.54) is 24.0 Å². The van der Waals surface area contributed by atoms with E-state index in [0.29, 0.717) is 0 Å². The summed E-state index contributed by atoms with van der Waals surface area (Å²) in [5.41, 5.74) is 2.82. The van der Waals surface area contributed by atoms with Gasteiger partial charge in [0.1, 0.15) is 13.1 Å². The van der Waals surface area contributed by atoms with Crippen LogP contribution in [0.1, 0.15) is 33.1 Å². The second kappa shape index (κ2) is 9.10. The monoisotopic (exact) mass is 365 g/mol. The van der Waals surface area contributed by atoms with E-state index in [-0.39, 0.29) is 24.0 Å². The third-order valence-electron chi connectivity index (χ3n) is 3.61. The molecular formula is C15H28INO. The molecule has 106 valence electrons. The molecule has 0 saturated carbocycles. The zero-order valence-electron chi connectivity index (χ0n) is 12.2. The highest BCUT2D eigenvalue weighted by Gasteiger charge is 2.23. The molecule has 2 nitrogen and oxygen atoms in total. The van der Waals surface area contributed by atoms with Crippen LogP contribution < -0.4 is 24.0 Å². The second-order valence-corrected chi connectivity index (χ2v) is 5.72. The summed E-state index contributed by atoms with van der Waals surface area (Å²) in [5, 5.41) is 0. The number of halogens is 1. The Balaban J connectivity index is 0.00000289. The molecule has 0 aromatic heterocycles. The molecule has 0 unspecified atom stereocenters. The Morgan fingerprint density at radius 3 is 2.39 bits per heavy atom.